The fourth-order valence-corrected chi connectivity index (χ4v) is 5.79. The second-order valence-corrected chi connectivity index (χ2v) is 9.84. The molecular weight excluding hydrogens is 492 g/mol. The summed E-state index contributed by atoms with van der Waals surface area (Å²) in [6, 6.07) is 14.1. The number of benzene rings is 2. The van der Waals surface area contributed by atoms with Gasteiger partial charge in [-0.3, -0.25) is 4.79 Å². The molecule has 0 bridgehead atoms. The molecular formula is C28H26N2O6S. The first-order valence-electron chi connectivity index (χ1n) is 12.2. The van der Waals surface area contributed by atoms with Crippen molar-refractivity contribution in [2.24, 2.45) is 0 Å². The number of esters is 2. The average Bonchev–Trinajstić information content (AvgIpc) is 3.52. The third-order valence-corrected chi connectivity index (χ3v) is 7.59. The molecule has 1 aliphatic rings. The summed E-state index contributed by atoms with van der Waals surface area (Å²) in [6.45, 7) is 1.75. The van der Waals surface area contributed by atoms with Gasteiger partial charge in [0.25, 0.3) is 5.91 Å². The number of aryl methyl sites for hydroxylation is 1. The number of rotatable bonds is 7. The molecule has 190 valence electrons. The van der Waals surface area contributed by atoms with Crippen LogP contribution in [0.25, 0.3) is 22.6 Å². The van der Waals surface area contributed by atoms with E-state index in [0.717, 1.165) is 36.1 Å². The zero-order chi connectivity index (χ0) is 25.9. The summed E-state index contributed by atoms with van der Waals surface area (Å²) in [6.07, 6.45) is 2.84. The number of thiophene rings is 1. The molecule has 0 spiro atoms. The number of amides is 1. The van der Waals surface area contributed by atoms with Crippen LogP contribution in [0, 0.1) is 0 Å². The molecule has 37 heavy (non-hydrogen) atoms. The van der Waals surface area contributed by atoms with Crippen molar-refractivity contribution in [1.29, 1.82) is 0 Å². The number of carbonyl (C=O) groups is 3. The van der Waals surface area contributed by atoms with Crippen molar-refractivity contribution in [3.63, 3.8) is 0 Å². The molecule has 0 radical (unpaired) electrons. The summed E-state index contributed by atoms with van der Waals surface area (Å²) >= 11 is 1.38. The predicted molar refractivity (Wildman–Crippen MR) is 140 cm³/mol. The predicted octanol–water partition coefficient (Wildman–Crippen LogP) is 5.80. The van der Waals surface area contributed by atoms with E-state index < -0.39 is 23.9 Å². The van der Waals surface area contributed by atoms with Gasteiger partial charge in [-0.2, -0.15) is 0 Å². The molecule has 5 rings (SSSR count). The van der Waals surface area contributed by atoms with Gasteiger partial charge in [0.05, 0.1) is 23.8 Å². The summed E-state index contributed by atoms with van der Waals surface area (Å²) in [4.78, 5) is 44.5. The van der Waals surface area contributed by atoms with E-state index in [1.165, 1.54) is 18.4 Å². The summed E-state index contributed by atoms with van der Waals surface area (Å²) in [5.41, 5.74) is 3.33. The molecule has 0 aliphatic heterocycles. The largest absolute Gasteiger partial charge is 0.465 e. The highest BCUT2D eigenvalue weighted by Crippen LogP contribution is 2.38. The Morgan fingerprint density at radius 2 is 1.81 bits per heavy atom. The Balaban J connectivity index is 1.37. The van der Waals surface area contributed by atoms with Crippen LogP contribution < -0.4 is 5.32 Å². The summed E-state index contributed by atoms with van der Waals surface area (Å²) in [7, 11) is 1.33. The van der Waals surface area contributed by atoms with Gasteiger partial charge >= 0.3 is 11.9 Å². The first-order valence-corrected chi connectivity index (χ1v) is 13.0. The molecule has 2 aromatic carbocycles. The van der Waals surface area contributed by atoms with Crippen LogP contribution in [-0.2, 0) is 27.1 Å². The van der Waals surface area contributed by atoms with Gasteiger partial charge in [0.2, 0.25) is 5.89 Å². The number of para-hydroxylation sites is 2. The van der Waals surface area contributed by atoms with Gasteiger partial charge in [-0.15, -0.1) is 11.3 Å². The van der Waals surface area contributed by atoms with Crippen LogP contribution in [0.5, 0.6) is 0 Å². The van der Waals surface area contributed by atoms with Crippen LogP contribution in [0.4, 0.5) is 5.00 Å². The van der Waals surface area contributed by atoms with Gasteiger partial charge in [-0.25, -0.2) is 14.6 Å². The quantitative estimate of drug-likeness (QED) is 0.308. The lowest BCUT2D eigenvalue weighted by molar-refractivity contribution is -0.124. The van der Waals surface area contributed by atoms with Crippen molar-refractivity contribution >= 4 is 45.3 Å². The van der Waals surface area contributed by atoms with Gasteiger partial charge in [-0.1, -0.05) is 31.2 Å². The van der Waals surface area contributed by atoms with E-state index in [1.807, 2.05) is 18.2 Å². The first kappa shape index (κ1) is 24.7. The second-order valence-electron chi connectivity index (χ2n) is 8.73. The highest BCUT2D eigenvalue weighted by atomic mass is 32.1. The minimum Gasteiger partial charge on any atom is -0.465 e. The molecule has 2 heterocycles. The maximum atomic E-state index is 13.2. The van der Waals surface area contributed by atoms with Gasteiger partial charge in [-0.05, 0) is 61.9 Å². The molecule has 0 fully saturated rings. The maximum absolute atomic E-state index is 13.2. The lowest BCUT2D eigenvalue weighted by Crippen LogP contribution is -2.32. The van der Waals surface area contributed by atoms with Crippen molar-refractivity contribution < 1.29 is 28.3 Å². The Morgan fingerprint density at radius 1 is 1.05 bits per heavy atom. The monoisotopic (exact) mass is 518 g/mol. The number of hydrogen-bond acceptors (Lipinski definition) is 8. The highest BCUT2D eigenvalue weighted by Gasteiger charge is 2.30. The van der Waals surface area contributed by atoms with Gasteiger partial charge in [0, 0.05) is 4.88 Å². The van der Waals surface area contributed by atoms with Crippen molar-refractivity contribution in [1.82, 2.24) is 4.98 Å². The number of ether oxygens (including phenoxy) is 2. The van der Waals surface area contributed by atoms with E-state index in [4.69, 9.17) is 13.9 Å². The fraction of sp³-hybridized carbons (Fsp3) is 0.286. The van der Waals surface area contributed by atoms with E-state index in [2.05, 4.69) is 10.3 Å². The molecule has 2 aromatic heterocycles. The Labute approximate surface area is 217 Å². The second kappa shape index (κ2) is 10.6. The Hall–Kier alpha value is -3.98. The van der Waals surface area contributed by atoms with Crippen LogP contribution in [0.3, 0.4) is 0 Å². The van der Waals surface area contributed by atoms with Gasteiger partial charge in [0.15, 0.2) is 11.7 Å². The average molecular weight is 519 g/mol. The van der Waals surface area contributed by atoms with E-state index >= 15 is 0 Å². The van der Waals surface area contributed by atoms with Crippen LogP contribution in [0.15, 0.2) is 52.9 Å². The van der Waals surface area contributed by atoms with E-state index in [0.29, 0.717) is 27.2 Å². The molecule has 1 amide bonds. The van der Waals surface area contributed by atoms with Crippen LogP contribution in [-0.4, -0.2) is 36.0 Å². The lowest BCUT2D eigenvalue weighted by Gasteiger charge is -2.17. The topological polar surface area (TPSA) is 108 Å². The standard InChI is InChI=1S/C28H26N2O6S/c1-3-20(24(31)30-26-23(28(33)34-2)18-12-6-9-15-22(18)37-26)36-27(32)17-11-5-4-10-16(17)25-29-19-13-7-8-14-21(19)35-25/h4-5,7-8,10-11,13-14,20H,3,6,9,12,15H2,1-2H3,(H,30,31). The van der Waals surface area contributed by atoms with E-state index in [9.17, 15) is 14.4 Å². The van der Waals surface area contributed by atoms with Crippen molar-refractivity contribution in [3.05, 3.63) is 70.1 Å². The maximum Gasteiger partial charge on any atom is 0.341 e. The molecule has 0 saturated heterocycles. The van der Waals surface area contributed by atoms with Crippen LogP contribution in [0.2, 0.25) is 0 Å². The number of aromatic nitrogens is 1. The minimum atomic E-state index is -1.06. The number of nitrogens with zero attached hydrogens (tertiary/aromatic N) is 1. The third-order valence-electron chi connectivity index (χ3n) is 6.38. The normalized spacial score (nSPS) is 13.6. The number of oxazole rings is 1. The zero-order valence-electron chi connectivity index (χ0n) is 20.5. The highest BCUT2D eigenvalue weighted by molar-refractivity contribution is 7.17. The molecule has 1 aliphatic carbocycles. The van der Waals surface area contributed by atoms with Gasteiger partial charge < -0.3 is 19.2 Å². The molecule has 8 nitrogen and oxygen atoms in total. The van der Waals surface area contributed by atoms with Crippen LogP contribution in [0.1, 0.15) is 57.3 Å². The zero-order valence-corrected chi connectivity index (χ0v) is 21.4. The summed E-state index contributed by atoms with van der Waals surface area (Å²) in [5, 5.41) is 3.26. The van der Waals surface area contributed by atoms with E-state index in [1.54, 1.807) is 37.3 Å². The number of fused-ring (bicyclic) bond motifs is 2. The molecule has 4 aromatic rings. The summed E-state index contributed by atoms with van der Waals surface area (Å²) in [5.74, 6) is -1.36. The number of carbonyl (C=O) groups excluding carboxylic acids is 3. The molecule has 1 unspecified atom stereocenters. The molecule has 1 atom stereocenters. The van der Waals surface area contributed by atoms with Crippen LogP contribution >= 0.6 is 11.3 Å². The first-order chi connectivity index (χ1) is 18.0. The number of hydrogen-bond donors (Lipinski definition) is 1. The Morgan fingerprint density at radius 3 is 2.59 bits per heavy atom. The molecule has 1 N–H and O–H groups in total. The molecule has 9 heteroatoms. The third kappa shape index (κ3) is 4.86. The Kier molecular flexibility index (Phi) is 7.05. The lowest BCUT2D eigenvalue weighted by atomic mass is 9.95. The molecule has 0 saturated carbocycles. The number of methoxy groups -OCH3 is 1. The fourth-order valence-electron chi connectivity index (χ4n) is 4.51. The minimum absolute atomic E-state index is 0.238. The SMILES string of the molecule is CCC(OC(=O)c1ccccc1-c1nc2ccccc2o1)C(=O)Nc1sc2c(c1C(=O)OC)CCCC2. The summed E-state index contributed by atoms with van der Waals surface area (Å²) < 4.78 is 16.5. The van der Waals surface area contributed by atoms with Gasteiger partial charge in [0.1, 0.15) is 10.5 Å². The number of nitrogens with one attached hydrogen (secondary N) is 1. The van der Waals surface area contributed by atoms with E-state index in [-0.39, 0.29) is 17.9 Å². The number of anilines is 1. The van der Waals surface area contributed by atoms with Crippen molar-refractivity contribution in [3.8, 4) is 11.5 Å². The van der Waals surface area contributed by atoms with Crippen molar-refractivity contribution in [2.75, 3.05) is 12.4 Å². The Bertz CT molecular complexity index is 1450. The van der Waals surface area contributed by atoms with Crippen molar-refractivity contribution in [2.45, 2.75) is 45.1 Å². The smallest absolute Gasteiger partial charge is 0.341 e.